The zero-order valence-corrected chi connectivity index (χ0v) is 9.43. The molecule has 2 rings (SSSR count). The van der Waals surface area contributed by atoms with Gasteiger partial charge in [-0.25, -0.2) is 0 Å². The van der Waals surface area contributed by atoms with Crippen molar-refractivity contribution in [3.63, 3.8) is 0 Å². The predicted octanol–water partition coefficient (Wildman–Crippen LogP) is 3.96. The van der Waals surface area contributed by atoms with Gasteiger partial charge in [0.05, 0.1) is 17.0 Å². The van der Waals surface area contributed by atoms with Gasteiger partial charge in [-0.15, -0.1) is 0 Å². The molecule has 17 heavy (non-hydrogen) atoms. The molecule has 1 aliphatic rings. The van der Waals surface area contributed by atoms with Crippen LogP contribution in [0.25, 0.3) is 0 Å². The summed E-state index contributed by atoms with van der Waals surface area (Å²) in [7, 11) is 0. The van der Waals surface area contributed by atoms with Gasteiger partial charge in [-0.3, -0.25) is 0 Å². The molecule has 1 aromatic carbocycles. The first-order chi connectivity index (χ1) is 7.89. The van der Waals surface area contributed by atoms with Gasteiger partial charge in [0.25, 0.3) is 0 Å². The van der Waals surface area contributed by atoms with E-state index in [4.69, 9.17) is 0 Å². The minimum Gasteiger partial charge on any atom is -0.197 e. The zero-order valence-electron chi connectivity index (χ0n) is 9.43. The Morgan fingerprint density at radius 1 is 1.29 bits per heavy atom. The van der Waals surface area contributed by atoms with E-state index in [0.29, 0.717) is 5.56 Å². The van der Waals surface area contributed by atoms with Gasteiger partial charge in [0.2, 0.25) is 0 Å². The van der Waals surface area contributed by atoms with Gasteiger partial charge in [0.1, 0.15) is 0 Å². The van der Waals surface area contributed by atoms with E-state index < -0.39 is 17.2 Å². The van der Waals surface area contributed by atoms with Crippen LogP contribution in [0.15, 0.2) is 18.2 Å². The van der Waals surface area contributed by atoms with Crippen molar-refractivity contribution >= 4 is 0 Å². The smallest absolute Gasteiger partial charge is 0.197 e. The van der Waals surface area contributed by atoms with Crippen LogP contribution < -0.4 is 0 Å². The van der Waals surface area contributed by atoms with Crippen molar-refractivity contribution in [3.05, 3.63) is 34.9 Å². The largest absolute Gasteiger partial charge is 0.416 e. The Bertz CT molecular complexity index is 478. The highest BCUT2D eigenvalue weighted by atomic mass is 19.4. The fourth-order valence-electron chi connectivity index (χ4n) is 2.35. The van der Waals surface area contributed by atoms with Crippen LogP contribution in [-0.2, 0) is 11.6 Å². The summed E-state index contributed by atoms with van der Waals surface area (Å²) in [4.78, 5) is 0. The van der Waals surface area contributed by atoms with E-state index >= 15 is 0 Å². The first kappa shape index (κ1) is 12.0. The molecule has 1 aliphatic carbocycles. The summed E-state index contributed by atoms with van der Waals surface area (Å²) < 4.78 is 37.5. The highest BCUT2D eigenvalue weighted by Gasteiger charge is 2.40. The summed E-state index contributed by atoms with van der Waals surface area (Å²) in [6.45, 7) is 1.64. The normalized spacial score (nSPS) is 18.3. The molecule has 1 fully saturated rings. The second-order valence-electron chi connectivity index (χ2n) is 4.57. The number of hydrogen-bond donors (Lipinski definition) is 0. The van der Waals surface area contributed by atoms with Crippen molar-refractivity contribution in [2.45, 2.75) is 37.8 Å². The van der Waals surface area contributed by atoms with Crippen molar-refractivity contribution in [1.29, 1.82) is 5.26 Å². The molecule has 90 valence electrons. The van der Waals surface area contributed by atoms with Crippen LogP contribution in [0.5, 0.6) is 0 Å². The summed E-state index contributed by atoms with van der Waals surface area (Å²) in [5, 5.41) is 9.17. The quantitative estimate of drug-likeness (QED) is 0.727. The third-order valence-electron chi connectivity index (χ3n) is 3.49. The Labute approximate surface area is 97.9 Å². The first-order valence-corrected chi connectivity index (χ1v) is 5.49. The van der Waals surface area contributed by atoms with Crippen LogP contribution in [-0.4, -0.2) is 0 Å². The molecule has 0 bridgehead atoms. The SMILES string of the molecule is Cc1cc(C(F)(F)F)ccc1C1(C#N)CCC1. The number of hydrogen-bond acceptors (Lipinski definition) is 1. The fourth-order valence-corrected chi connectivity index (χ4v) is 2.35. The van der Waals surface area contributed by atoms with E-state index in [9.17, 15) is 18.4 Å². The standard InChI is InChI=1S/C13H12F3N/c1-9-7-10(13(14,15)16)3-4-11(9)12(8-17)5-2-6-12/h3-4,7H,2,5-6H2,1H3. The molecule has 0 N–H and O–H groups in total. The molecule has 1 aromatic rings. The average Bonchev–Trinajstić information content (AvgIpc) is 2.17. The topological polar surface area (TPSA) is 23.8 Å². The molecule has 0 aromatic heterocycles. The molecule has 0 heterocycles. The van der Waals surface area contributed by atoms with Crippen LogP contribution in [0, 0.1) is 18.3 Å². The van der Waals surface area contributed by atoms with E-state index in [-0.39, 0.29) is 0 Å². The zero-order chi connectivity index (χ0) is 12.7. The highest BCUT2D eigenvalue weighted by Crippen LogP contribution is 2.45. The van der Waals surface area contributed by atoms with Crippen molar-refractivity contribution < 1.29 is 13.2 Å². The molecule has 0 amide bonds. The molecule has 0 unspecified atom stereocenters. The Balaban J connectivity index is 2.43. The molecule has 0 atom stereocenters. The third kappa shape index (κ3) is 1.90. The lowest BCUT2D eigenvalue weighted by molar-refractivity contribution is -0.137. The number of rotatable bonds is 1. The second kappa shape index (κ2) is 3.76. The van der Waals surface area contributed by atoms with Crippen LogP contribution in [0.4, 0.5) is 13.2 Å². The van der Waals surface area contributed by atoms with Crippen LogP contribution in [0.3, 0.4) is 0 Å². The Morgan fingerprint density at radius 2 is 1.94 bits per heavy atom. The monoisotopic (exact) mass is 239 g/mol. The maximum absolute atomic E-state index is 12.5. The lowest BCUT2D eigenvalue weighted by Crippen LogP contribution is -2.33. The molecule has 1 nitrogen and oxygen atoms in total. The molecular formula is C13H12F3N. The molecule has 4 heteroatoms. The minimum absolute atomic E-state index is 0.547. The highest BCUT2D eigenvalue weighted by molar-refractivity contribution is 5.43. The van der Waals surface area contributed by atoms with Crippen molar-refractivity contribution in [3.8, 4) is 6.07 Å². The van der Waals surface area contributed by atoms with Crippen molar-refractivity contribution in [1.82, 2.24) is 0 Å². The van der Waals surface area contributed by atoms with E-state index in [1.165, 1.54) is 6.07 Å². The summed E-state index contributed by atoms with van der Waals surface area (Å²) in [6.07, 6.45) is -1.86. The Morgan fingerprint density at radius 3 is 2.29 bits per heavy atom. The lowest BCUT2D eigenvalue weighted by Gasteiger charge is -2.36. The molecular weight excluding hydrogens is 227 g/mol. The van der Waals surface area contributed by atoms with Gasteiger partial charge in [0.15, 0.2) is 0 Å². The molecule has 0 aliphatic heterocycles. The number of aryl methyl sites for hydroxylation is 1. The maximum Gasteiger partial charge on any atom is 0.416 e. The molecule has 1 saturated carbocycles. The molecule has 0 spiro atoms. The summed E-state index contributed by atoms with van der Waals surface area (Å²) >= 11 is 0. The summed E-state index contributed by atoms with van der Waals surface area (Å²) in [5.74, 6) is 0. The van der Waals surface area contributed by atoms with Crippen LogP contribution >= 0.6 is 0 Å². The predicted molar refractivity (Wildman–Crippen MR) is 57.3 cm³/mol. The van der Waals surface area contributed by atoms with Gasteiger partial charge in [-0.05, 0) is 49.4 Å². The van der Waals surface area contributed by atoms with E-state index in [1.807, 2.05) is 0 Å². The van der Waals surface area contributed by atoms with Gasteiger partial charge in [-0.1, -0.05) is 6.07 Å². The Hall–Kier alpha value is -1.50. The number of halogens is 3. The Kier molecular flexibility index (Phi) is 2.65. The molecule has 0 radical (unpaired) electrons. The van der Waals surface area contributed by atoms with E-state index in [1.54, 1.807) is 6.92 Å². The van der Waals surface area contributed by atoms with E-state index in [2.05, 4.69) is 6.07 Å². The maximum atomic E-state index is 12.5. The third-order valence-corrected chi connectivity index (χ3v) is 3.49. The van der Waals surface area contributed by atoms with Crippen LogP contribution in [0.2, 0.25) is 0 Å². The number of benzene rings is 1. The number of alkyl halides is 3. The summed E-state index contributed by atoms with van der Waals surface area (Å²) in [6, 6.07) is 5.91. The first-order valence-electron chi connectivity index (χ1n) is 5.49. The minimum atomic E-state index is -4.32. The fraction of sp³-hybridized carbons (Fsp3) is 0.462. The van der Waals surface area contributed by atoms with Gasteiger partial charge in [-0.2, -0.15) is 18.4 Å². The van der Waals surface area contributed by atoms with Gasteiger partial charge in [0, 0.05) is 0 Å². The van der Waals surface area contributed by atoms with E-state index in [0.717, 1.165) is 37.0 Å². The van der Waals surface area contributed by atoms with Gasteiger partial charge >= 0.3 is 6.18 Å². The van der Waals surface area contributed by atoms with Gasteiger partial charge < -0.3 is 0 Å². The lowest BCUT2D eigenvalue weighted by atomic mass is 9.64. The second-order valence-corrected chi connectivity index (χ2v) is 4.57. The van der Waals surface area contributed by atoms with Crippen LogP contribution in [0.1, 0.15) is 36.0 Å². The molecule has 0 saturated heterocycles. The van der Waals surface area contributed by atoms with Crippen molar-refractivity contribution in [2.75, 3.05) is 0 Å². The van der Waals surface area contributed by atoms with Crippen molar-refractivity contribution in [2.24, 2.45) is 0 Å². The number of nitriles is 1. The average molecular weight is 239 g/mol. The summed E-state index contributed by atoms with van der Waals surface area (Å²) in [5.41, 5.74) is 0.111. The number of nitrogens with zero attached hydrogens (tertiary/aromatic N) is 1.